The first-order valence-corrected chi connectivity index (χ1v) is 8.23. The Bertz CT molecular complexity index is 645. The van der Waals surface area contributed by atoms with Crippen molar-refractivity contribution >= 4 is 11.8 Å². The lowest BCUT2D eigenvalue weighted by atomic mass is 10.0. The van der Waals surface area contributed by atoms with Gasteiger partial charge < -0.3 is 10.2 Å². The number of hydrogen-bond donors (Lipinski definition) is 1. The minimum absolute atomic E-state index is 0.0406. The van der Waals surface area contributed by atoms with Crippen LogP contribution in [0.2, 0.25) is 0 Å². The zero-order valence-electron chi connectivity index (χ0n) is 13.6. The molecule has 7 heteroatoms. The van der Waals surface area contributed by atoms with Crippen LogP contribution in [0.1, 0.15) is 31.4 Å². The van der Waals surface area contributed by atoms with Crippen LogP contribution < -0.4 is 5.32 Å². The highest BCUT2D eigenvalue weighted by atomic mass is 19.1. The number of halogens is 2. The zero-order chi connectivity index (χ0) is 17.3. The van der Waals surface area contributed by atoms with E-state index in [1.807, 2.05) is 6.92 Å². The Hall–Kier alpha value is -2.02. The Balaban J connectivity index is 1.58. The van der Waals surface area contributed by atoms with Gasteiger partial charge in [-0.15, -0.1) is 0 Å². The molecule has 0 radical (unpaired) electrons. The number of benzene rings is 1. The summed E-state index contributed by atoms with van der Waals surface area (Å²) in [6.45, 7) is 4.19. The molecule has 2 amide bonds. The average Bonchev–Trinajstić information content (AvgIpc) is 3.00. The topological polar surface area (TPSA) is 52.7 Å². The van der Waals surface area contributed by atoms with E-state index in [4.69, 9.17) is 0 Å². The van der Waals surface area contributed by atoms with Gasteiger partial charge in [-0.05, 0) is 19.4 Å². The van der Waals surface area contributed by atoms with Crippen molar-refractivity contribution in [2.45, 2.75) is 31.8 Å². The molecule has 0 aliphatic carbocycles. The smallest absolute Gasteiger partial charge is 0.245 e. The molecule has 2 aliphatic heterocycles. The predicted octanol–water partition coefficient (Wildman–Crippen LogP) is 1.45. The molecule has 1 aromatic rings. The summed E-state index contributed by atoms with van der Waals surface area (Å²) in [5, 5.41) is 2.69. The van der Waals surface area contributed by atoms with Crippen LogP contribution in [0, 0.1) is 11.6 Å². The molecule has 0 saturated carbocycles. The van der Waals surface area contributed by atoms with Crippen LogP contribution in [-0.4, -0.2) is 53.8 Å². The van der Waals surface area contributed by atoms with Gasteiger partial charge >= 0.3 is 0 Å². The SMILES string of the molecule is C[C@@H](c1ccc(F)cc1F)N1CCN(C(=O)[C@H]2CCC(=O)N2)CC1. The lowest BCUT2D eigenvalue weighted by Crippen LogP contribution is -2.53. The molecular weight excluding hydrogens is 316 g/mol. The molecule has 0 bridgehead atoms. The first kappa shape index (κ1) is 16.8. The van der Waals surface area contributed by atoms with Gasteiger partial charge in [0.1, 0.15) is 17.7 Å². The molecule has 2 saturated heterocycles. The third-order valence-electron chi connectivity index (χ3n) is 4.88. The molecule has 2 fully saturated rings. The van der Waals surface area contributed by atoms with E-state index in [2.05, 4.69) is 10.2 Å². The van der Waals surface area contributed by atoms with E-state index < -0.39 is 17.7 Å². The predicted molar refractivity (Wildman–Crippen MR) is 84.1 cm³/mol. The molecule has 5 nitrogen and oxygen atoms in total. The molecule has 0 unspecified atom stereocenters. The van der Waals surface area contributed by atoms with E-state index in [0.717, 1.165) is 6.07 Å². The van der Waals surface area contributed by atoms with E-state index in [9.17, 15) is 18.4 Å². The largest absolute Gasteiger partial charge is 0.344 e. The highest BCUT2D eigenvalue weighted by molar-refractivity contribution is 5.90. The van der Waals surface area contributed by atoms with Crippen molar-refractivity contribution in [2.24, 2.45) is 0 Å². The molecule has 1 aromatic carbocycles. The Labute approximate surface area is 139 Å². The Morgan fingerprint density at radius 2 is 1.96 bits per heavy atom. The first-order chi connectivity index (χ1) is 11.5. The van der Waals surface area contributed by atoms with Crippen LogP contribution in [0.15, 0.2) is 18.2 Å². The molecule has 0 aromatic heterocycles. The van der Waals surface area contributed by atoms with Gasteiger partial charge in [-0.1, -0.05) is 6.07 Å². The Morgan fingerprint density at radius 3 is 2.54 bits per heavy atom. The molecule has 2 heterocycles. The molecular formula is C17H21F2N3O2. The third-order valence-corrected chi connectivity index (χ3v) is 4.88. The number of piperazine rings is 1. The quantitative estimate of drug-likeness (QED) is 0.908. The molecule has 24 heavy (non-hydrogen) atoms. The van der Waals surface area contributed by atoms with Crippen LogP contribution in [0.4, 0.5) is 8.78 Å². The van der Waals surface area contributed by atoms with Crippen molar-refractivity contribution in [1.29, 1.82) is 0 Å². The van der Waals surface area contributed by atoms with Gasteiger partial charge in [0.25, 0.3) is 0 Å². The van der Waals surface area contributed by atoms with E-state index >= 15 is 0 Å². The summed E-state index contributed by atoms with van der Waals surface area (Å²) < 4.78 is 27.0. The lowest BCUT2D eigenvalue weighted by Gasteiger charge is -2.39. The second-order valence-electron chi connectivity index (χ2n) is 6.36. The Kier molecular flexibility index (Phi) is 4.80. The van der Waals surface area contributed by atoms with Crippen molar-refractivity contribution < 1.29 is 18.4 Å². The van der Waals surface area contributed by atoms with E-state index in [1.165, 1.54) is 12.1 Å². The van der Waals surface area contributed by atoms with Crippen molar-refractivity contribution in [1.82, 2.24) is 15.1 Å². The summed E-state index contributed by atoms with van der Waals surface area (Å²) >= 11 is 0. The number of rotatable bonds is 3. The highest BCUT2D eigenvalue weighted by Gasteiger charge is 2.33. The Morgan fingerprint density at radius 1 is 1.25 bits per heavy atom. The van der Waals surface area contributed by atoms with Crippen LogP contribution in [0.5, 0.6) is 0 Å². The summed E-state index contributed by atoms with van der Waals surface area (Å²) in [7, 11) is 0. The maximum Gasteiger partial charge on any atom is 0.245 e. The monoisotopic (exact) mass is 337 g/mol. The first-order valence-electron chi connectivity index (χ1n) is 8.23. The fourth-order valence-corrected chi connectivity index (χ4v) is 3.39. The maximum atomic E-state index is 13.9. The number of nitrogens with zero attached hydrogens (tertiary/aromatic N) is 2. The number of carbonyl (C=O) groups excluding carboxylic acids is 2. The molecule has 1 N–H and O–H groups in total. The maximum absolute atomic E-state index is 13.9. The van der Waals surface area contributed by atoms with Crippen molar-refractivity contribution in [2.75, 3.05) is 26.2 Å². The van der Waals surface area contributed by atoms with Crippen LogP contribution in [-0.2, 0) is 9.59 Å². The van der Waals surface area contributed by atoms with Gasteiger partial charge in [0.05, 0.1) is 0 Å². The normalized spacial score (nSPS) is 23.2. The van der Waals surface area contributed by atoms with Crippen molar-refractivity contribution in [3.8, 4) is 0 Å². The fraction of sp³-hybridized carbons (Fsp3) is 0.529. The fourth-order valence-electron chi connectivity index (χ4n) is 3.39. The number of carbonyl (C=O) groups is 2. The highest BCUT2D eigenvalue weighted by Crippen LogP contribution is 2.25. The molecule has 0 spiro atoms. The summed E-state index contributed by atoms with van der Waals surface area (Å²) in [6, 6.07) is 3.04. The second kappa shape index (κ2) is 6.84. The number of nitrogens with one attached hydrogen (secondary N) is 1. The van der Waals surface area contributed by atoms with Crippen molar-refractivity contribution in [3.63, 3.8) is 0 Å². The standard InChI is InChI=1S/C17H21F2N3O2/c1-11(13-3-2-12(18)10-14(13)19)21-6-8-22(9-7-21)17(24)15-4-5-16(23)20-15/h2-3,10-11,15H,4-9H2,1H3,(H,20,23)/t11-,15+/m0/s1. The van der Waals surface area contributed by atoms with E-state index in [-0.39, 0.29) is 17.9 Å². The van der Waals surface area contributed by atoms with Crippen molar-refractivity contribution in [3.05, 3.63) is 35.4 Å². The van der Waals surface area contributed by atoms with Crippen LogP contribution in [0.25, 0.3) is 0 Å². The molecule has 130 valence electrons. The zero-order valence-corrected chi connectivity index (χ0v) is 13.6. The minimum atomic E-state index is -0.586. The van der Waals surface area contributed by atoms with Gasteiger partial charge in [0.15, 0.2) is 0 Å². The summed E-state index contributed by atoms with van der Waals surface area (Å²) in [6.07, 6.45) is 0.951. The average molecular weight is 337 g/mol. The van der Waals surface area contributed by atoms with E-state index in [1.54, 1.807) is 4.90 Å². The van der Waals surface area contributed by atoms with E-state index in [0.29, 0.717) is 44.6 Å². The van der Waals surface area contributed by atoms with Gasteiger partial charge in [-0.25, -0.2) is 8.78 Å². The van der Waals surface area contributed by atoms with Crippen LogP contribution >= 0.6 is 0 Å². The lowest BCUT2D eigenvalue weighted by molar-refractivity contribution is -0.136. The van der Waals surface area contributed by atoms with Gasteiger partial charge in [0.2, 0.25) is 11.8 Å². The minimum Gasteiger partial charge on any atom is -0.344 e. The number of amides is 2. The third kappa shape index (κ3) is 3.40. The summed E-state index contributed by atoms with van der Waals surface area (Å²) in [5.74, 6) is -1.25. The molecule has 3 rings (SSSR count). The molecule has 2 atom stereocenters. The summed E-state index contributed by atoms with van der Waals surface area (Å²) in [4.78, 5) is 27.4. The second-order valence-corrected chi connectivity index (χ2v) is 6.36. The molecule has 2 aliphatic rings. The summed E-state index contributed by atoms with van der Waals surface area (Å²) in [5.41, 5.74) is 0.458. The van der Waals surface area contributed by atoms with Gasteiger partial charge in [-0.3, -0.25) is 14.5 Å². The number of hydrogen-bond acceptors (Lipinski definition) is 3. The van der Waals surface area contributed by atoms with Crippen LogP contribution in [0.3, 0.4) is 0 Å². The van der Waals surface area contributed by atoms with Gasteiger partial charge in [0, 0.05) is 50.3 Å². The van der Waals surface area contributed by atoms with Gasteiger partial charge in [-0.2, -0.15) is 0 Å².